The smallest absolute Gasteiger partial charge is 0.292 e. The van der Waals surface area contributed by atoms with Crippen molar-refractivity contribution in [1.29, 1.82) is 0 Å². The summed E-state index contributed by atoms with van der Waals surface area (Å²) in [6, 6.07) is 1.46. The molecule has 1 unspecified atom stereocenters. The summed E-state index contributed by atoms with van der Waals surface area (Å²) in [6.45, 7) is 8.35. The fraction of sp³-hybridized carbons (Fsp3) is 0.688. The molecule has 1 aliphatic heterocycles. The first-order chi connectivity index (χ1) is 11.0. The van der Waals surface area contributed by atoms with Gasteiger partial charge in [0, 0.05) is 38.2 Å². The second-order valence-corrected chi connectivity index (χ2v) is 6.04. The van der Waals surface area contributed by atoms with E-state index in [-0.39, 0.29) is 17.9 Å². The highest BCUT2D eigenvalue weighted by Gasteiger charge is 2.28. The maximum Gasteiger partial charge on any atom is 0.292 e. The van der Waals surface area contributed by atoms with Crippen LogP contribution < -0.4 is 5.73 Å². The van der Waals surface area contributed by atoms with Gasteiger partial charge in [0.15, 0.2) is 0 Å². The lowest BCUT2D eigenvalue weighted by molar-refractivity contribution is -0.123. The molecule has 0 aromatic carbocycles. The molecule has 1 aromatic heterocycles. The van der Waals surface area contributed by atoms with Gasteiger partial charge in [0.2, 0.25) is 11.7 Å². The van der Waals surface area contributed by atoms with Crippen LogP contribution in [-0.2, 0) is 4.79 Å². The Hall–Kier alpha value is -1.89. The number of piperazine rings is 1. The van der Waals surface area contributed by atoms with E-state index < -0.39 is 0 Å². The summed E-state index contributed by atoms with van der Waals surface area (Å²) in [5.74, 6) is 0.146. The Morgan fingerprint density at radius 2 is 1.87 bits per heavy atom. The molecule has 7 nitrogen and oxygen atoms in total. The predicted octanol–water partition coefficient (Wildman–Crippen LogP) is 1.21. The number of aromatic nitrogens is 1. The summed E-state index contributed by atoms with van der Waals surface area (Å²) < 4.78 is 5.25. The van der Waals surface area contributed by atoms with E-state index in [9.17, 15) is 9.59 Å². The van der Waals surface area contributed by atoms with Crippen LogP contribution in [0.25, 0.3) is 0 Å². The molecule has 0 saturated carbocycles. The van der Waals surface area contributed by atoms with E-state index in [0.717, 1.165) is 18.5 Å². The van der Waals surface area contributed by atoms with Crippen LogP contribution in [0.2, 0.25) is 0 Å². The Bertz CT molecular complexity index is 545. The second kappa shape index (κ2) is 7.59. The summed E-state index contributed by atoms with van der Waals surface area (Å²) in [5.41, 5.74) is 6.17. The molecule has 2 amide bonds. The average molecular weight is 322 g/mol. The SMILES string of the molecule is CCC(CC)c1cc(C(=O)N2CCN(C(C)C(N)=O)CC2)on1. The molecule has 1 atom stereocenters. The monoisotopic (exact) mass is 322 g/mol. The highest BCUT2D eigenvalue weighted by atomic mass is 16.5. The Balaban J connectivity index is 1.96. The van der Waals surface area contributed by atoms with Crippen molar-refractivity contribution in [3.63, 3.8) is 0 Å². The zero-order valence-electron chi connectivity index (χ0n) is 14.1. The Morgan fingerprint density at radius 3 is 2.39 bits per heavy atom. The van der Waals surface area contributed by atoms with Crippen molar-refractivity contribution in [2.24, 2.45) is 5.73 Å². The van der Waals surface area contributed by atoms with Crippen LogP contribution in [0.5, 0.6) is 0 Å². The zero-order chi connectivity index (χ0) is 17.0. The van der Waals surface area contributed by atoms with Gasteiger partial charge in [0.05, 0.1) is 11.7 Å². The largest absolute Gasteiger partial charge is 0.368 e. The second-order valence-electron chi connectivity index (χ2n) is 6.04. The number of nitrogens with zero attached hydrogens (tertiary/aromatic N) is 3. The standard InChI is InChI=1S/C16H26N4O3/c1-4-12(5-2)13-10-14(23-18-13)16(22)20-8-6-19(7-9-20)11(3)15(17)21/h10-12H,4-9H2,1-3H3,(H2,17,21). The van der Waals surface area contributed by atoms with Crippen molar-refractivity contribution in [2.75, 3.05) is 26.2 Å². The molecule has 0 aliphatic carbocycles. The number of carbonyl (C=O) groups excluding carboxylic acids is 2. The molecule has 7 heteroatoms. The van der Waals surface area contributed by atoms with Crippen LogP contribution in [0.15, 0.2) is 10.6 Å². The fourth-order valence-corrected chi connectivity index (χ4v) is 2.94. The molecule has 0 radical (unpaired) electrons. The summed E-state index contributed by atoms with van der Waals surface area (Å²) in [6.07, 6.45) is 1.95. The van der Waals surface area contributed by atoms with Crippen LogP contribution in [0.3, 0.4) is 0 Å². The van der Waals surface area contributed by atoms with E-state index >= 15 is 0 Å². The molecule has 2 N–H and O–H groups in total. The lowest BCUT2D eigenvalue weighted by Gasteiger charge is -2.36. The zero-order valence-corrected chi connectivity index (χ0v) is 14.1. The molecular formula is C16H26N4O3. The first-order valence-corrected chi connectivity index (χ1v) is 8.27. The minimum absolute atomic E-state index is 0.138. The lowest BCUT2D eigenvalue weighted by Crippen LogP contribution is -2.54. The number of carbonyl (C=O) groups is 2. The first kappa shape index (κ1) is 17.5. The first-order valence-electron chi connectivity index (χ1n) is 8.27. The number of hydrogen-bond donors (Lipinski definition) is 1. The number of amides is 2. The number of nitrogens with two attached hydrogens (primary N) is 1. The van der Waals surface area contributed by atoms with Crippen LogP contribution in [0.4, 0.5) is 0 Å². The van der Waals surface area contributed by atoms with E-state index in [4.69, 9.17) is 10.3 Å². The topological polar surface area (TPSA) is 92.7 Å². The average Bonchev–Trinajstić information content (AvgIpc) is 3.04. The Labute approximate surface area is 136 Å². The van der Waals surface area contributed by atoms with E-state index in [1.165, 1.54) is 0 Å². The maximum atomic E-state index is 12.5. The molecule has 1 aliphatic rings. The minimum atomic E-state index is -0.338. The van der Waals surface area contributed by atoms with E-state index in [1.54, 1.807) is 17.9 Å². The normalized spacial score (nSPS) is 17.5. The van der Waals surface area contributed by atoms with Gasteiger partial charge in [0.1, 0.15) is 0 Å². The fourth-order valence-electron chi connectivity index (χ4n) is 2.94. The van der Waals surface area contributed by atoms with Crippen LogP contribution in [0.1, 0.15) is 55.8 Å². The van der Waals surface area contributed by atoms with Gasteiger partial charge < -0.3 is 15.2 Å². The Kier molecular flexibility index (Phi) is 5.76. The summed E-state index contributed by atoms with van der Waals surface area (Å²) in [7, 11) is 0. The molecular weight excluding hydrogens is 296 g/mol. The van der Waals surface area contributed by atoms with Gasteiger partial charge >= 0.3 is 0 Å². The molecule has 0 bridgehead atoms. The molecule has 128 valence electrons. The minimum Gasteiger partial charge on any atom is -0.368 e. The van der Waals surface area contributed by atoms with Gasteiger partial charge in [-0.05, 0) is 19.8 Å². The van der Waals surface area contributed by atoms with Gasteiger partial charge in [-0.25, -0.2) is 0 Å². The predicted molar refractivity (Wildman–Crippen MR) is 86.0 cm³/mol. The highest BCUT2D eigenvalue weighted by molar-refractivity contribution is 5.91. The summed E-state index contributed by atoms with van der Waals surface area (Å²) >= 11 is 0. The van der Waals surface area contributed by atoms with Crippen molar-refractivity contribution < 1.29 is 14.1 Å². The van der Waals surface area contributed by atoms with Gasteiger partial charge in [-0.2, -0.15) is 0 Å². The third kappa shape index (κ3) is 3.90. The number of primary amides is 1. The van der Waals surface area contributed by atoms with E-state index in [0.29, 0.717) is 37.9 Å². The highest BCUT2D eigenvalue weighted by Crippen LogP contribution is 2.23. The Morgan fingerprint density at radius 1 is 1.26 bits per heavy atom. The molecule has 23 heavy (non-hydrogen) atoms. The van der Waals surface area contributed by atoms with E-state index in [2.05, 4.69) is 19.0 Å². The summed E-state index contributed by atoms with van der Waals surface area (Å²) in [4.78, 5) is 27.5. The maximum absolute atomic E-state index is 12.5. The third-order valence-electron chi connectivity index (χ3n) is 4.70. The van der Waals surface area contributed by atoms with Crippen LogP contribution >= 0.6 is 0 Å². The molecule has 2 rings (SSSR count). The van der Waals surface area contributed by atoms with Gasteiger partial charge in [0.25, 0.3) is 5.91 Å². The van der Waals surface area contributed by atoms with Gasteiger partial charge in [-0.15, -0.1) is 0 Å². The van der Waals surface area contributed by atoms with Crippen LogP contribution in [-0.4, -0.2) is 59.0 Å². The van der Waals surface area contributed by atoms with Crippen molar-refractivity contribution >= 4 is 11.8 Å². The van der Waals surface area contributed by atoms with E-state index in [1.807, 2.05) is 4.90 Å². The van der Waals surface area contributed by atoms with Crippen molar-refractivity contribution in [3.8, 4) is 0 Å². The molecule has 1 aromatic rings. The number of rotatable bonds is 6. The third-order valence-corrected chi connectivity index (χ3v) is 4.70. The lowest BCUT2D eigenvalue weighted by atomic mass is 9.99. The van der Waals surface area contributed by atoms with Crippen molar-refractivity contribution in [1.82, 2.24) is 15.0 Å². The molecule has 1 fully saturated rings. The molecule has 2 heterocycles. The van der Waals surface area contributed by atoms with Crippen molar-refractivity contribution in [3.05, 3.63) is 17.5 Å². The molecule has 0 spiro atoms. The molecule has 1 saturated heterocycles. The quantitative estimate of drug-likeness (QED) is 0.850. The van der Waals surface area contributed by atoms with Gasteiger partial charge in [-0.1, -0.05) is 19.0 Å². The van der Waals surface area contributed by atoms with Gasteiger partial charge in [-0.3, -0.25) is 14.5 Å². The number of hydrogen-bond acceptors (Lipinski definition) is 5. The van der Waals surface area contributed by atoms with Crippen molar-refractivity contribution in [2.45, 2.75) is 45.6 Å². The summed E-state index contributed by atoms with van der Waals surface area (Å²) in [5, 5.41) is 4.05. The van der Waals surface area contributed by atoms with Crippen LogP contribution in [0, 0.1) is 0 Å².